The van der Waals surface area contributed by atoms with E-state index in [-0.39, 0.29) is 23.3 Å². The SMILES string of the molecule is CCCC(C)NC(=O)CSc1nnc2n(-c3cc(C)ccc3C)c(=O)c3ccccc3n12. The van der Waals surface area contributed by atoms with Crippen LogP contribution in [0.1, 0.15) is 37.8 Å². The molecule has 1 atom stereocenters. The predicted octanol–water partition coefficient (Wildman–Crippen LogP) is 4.05. The zero-order chi connectivity index (χ0) is 22.8. The van der Waals surface area contributed by atoms with E-state index < -0.39 is 0 Å². The largest absolute Gasteiger partial charge is 0.353 e. The topological polar surface area (TPSA) is 81.3 Å². The van der Waals surface area contributed by atoms with E-state index in [0.29, 0.717) is 16.3 Å². The highest BCUT2D eigenvalue weighted by Gasteiger charge is 2.19. The summed E-state index contributed by atoms with van der Waals surface area (Å²) in [6.45, 7) is 8.07. The third-order valence-electron chi connectivity index (χ3n) is 5.46. The van der Waals surface area contributed by atoms with Gasteiger partial charge in [0.05, 0.1) is 22.3 Å². The average molecular weight is 450 g/mol. The first-order valence-corrected chi connectivity index (χ1v) is 11.8. The van der Waals surface area contributed by atoms with Gasteiger partial charge in [0.1, 0.15) is 0 Å². The normalized spacial score (nSPS) is 12.4. The molecule has 0 saturated carbocycles. The standard InChI is InChI=1S/C24H27N5O2S/c1-5-8-17(4)25-21(30)14-32-24-27-26-23-28(20-13-15(2)11-12-16(20)3)22(31)18-9-6-7-10-19(18)29(23)24/h6-7,9-13,17H,5,8,14H2,1-4H3,(H,25,30). The second kappa shape index (κ2) is 9.16. The molecular formula is C24H27N5O2S. The van der Waals surface area contributed by atoms with E-state index in [4.69, 9.17) is 0 Å². The van der Waals surface area contributed by atoms with Crippen molar-refractivity contribution >= 4 is 34.3 Å². The zero-order valence-corrected chi connectivity index (χ0v) is 19.6. The van der Waals surface area contributed by atoms with Crippen LogP contribution in [0.25, 0.3) is 22.4 Å². The predicted molar refractivity (Wildman–Crippen MR) is 129 cm³/mol. The number of carbonyl (C=O) groups excluding carboxylic acids is 1. The highest BCUT2D eigenvalue weighted by Crippen LogP contribution is 2.24. The number of amides is 1. The lowest BCUT2D eigenvalue weighted by Gasteiger charge is -2.14. The number of hydrogen-bond donors (Lipinski definition) is 1. The molecule has 7 nitrogen and oxygen atoms in total. The summed E-state index contributed by atoms with van der Waals surface area (Å²) >= 11 is 1.32. The maximum atomic E-state index is 13.5. The van der Waals surface area contributed by atoms with E-state index in [9.17, 15) is 9.59 Å². The molecule has 1 N–H and O–H groups in total. The number of fused-ring (bicyclic) bond motifs is 3. The number of nitrogens with zero attached hydrogens (tertiary/aromatic N) is 4. The van der Waals surface area contributed by atoms with Crippen molar-refractivity contribution in [2.45, 2.75) is 51.7 Å². The van der Waals surface area contributed by atoms with Crippen molar-refractivity contribution in [1.82, 2.24) is 24.5 Å². The van der Waals surface area contributed by atoms with Gasteiger partial charge in [-0.15, -0.1) is 10.2 Å². The van der Waals surface area contributed by atoms with Crippen molar-refractivity contribution in [1.29, 1.82) is 0 Å². The van der Waals surface area contributed by atoms with Crippen LogP contribution < -0.4 is 10.9 Å². The summed E-state index contributed by atoms with van der Waals surface area (Å²) in [6, 6.07) is 13.6. The molecule has 0 aliphatic heterocycles. The Labute approximate surface area is 190 Å². The molecule has 32 heavy (non-hydrogen) atoms. The van der Waals surface area contributed by atoms with Crippen LogP contribution in [-0.4, -0.2) is 36.9 Å². The molecule has 0 bridgehead atoms. The lowest BCUT2D eigenvalue weighted by molar-refractivity contribution is -0.119. The Morgan fingerprint density at radius 2 is 1.94 bits per heavy atom. The van der Waals surface area contributed by atoms with E-state index in [0.717, 1.165) is 35.2 Å². The Morgan fingerprint density at radius 3 is 2.72 bits per heavy atom. The maximum absolute atomic E-state index is 13.5. The molecule has 166 valence electrons. The Kier molecular flexibility index (Phi) is 6.32. The molecule has 1 unspecified atom stereocenters. The molecule has 2 aromatic carbocycles. The molecule has 0 aliphatic rings. The number of nitrogens with one attached hydrogen (secondary N) is 1. The van der Waals surface area contributed by atoms with Crippen molar-refractivity contribution in [2.75, 3.05) is 5.75 Å². The van der Waals surface area contributed by atoms with Crippen LogP contribution in [0.5, 0.6) is 0 Å². The summed E-state index contributed by atoms with van der Waals surface area (Å²) in [5.74, 6) is 0.621. The fourth-order valence-electron chi connectivity index (χ4n) is 3.90. The van der Waals surface area contributed by atoms with Gasteiger partial charge in [-0.1, -0.05) is 49.4 Å². The van der Waals surface area contributed by atoms with Gasteiger partial charge in [0.2, 0.25) is 11.7 Å². The first kappa shape index (κ1) is 22.1. The van der Waals surface area contributed by atoms with Gasteiger partial charge in [-0.05, 0) is 56.5 Å². The van der Waals surface area contributed by atoms with Gasteiger partial charge in [0.25, 0.3) is 5.56 Å². The summed E-state index contributed by atoms with van der Waals surface area (Å²) in [4.78, 5) is 25.9. The van der Waals surface area contributed by atoms with Crippen LogP contribution in [0, 0.1) is 13.8 Å². The van der Waals surface area contributed by atoms with Crippen molar-refractivity contribution in [2.24, 2.45) is 0 Å². The molecule has 0 radical (unpaired) electrons. The van der Waals surface area contributed by atoms with Crippen LogP contribution in [0.15, 0.2) is 52.4 Å². The van der Waals surface area contributed by atoms with E-state index in [1.54, 1.807) is 4.57 Å². The molecule has 8 heteroatoms. The van der Waals surface area contributed by atoms with E-state index >= 15 is 0 Å². The molecule has 4 aromatic rings. The smallest absolute Gasteiger partial charge is 0.267 e. The Hall–Kier alpha value is -3.13. The zero-order valence-electron chi connectivity index (χ0n) is 18.8. The number of para-hydroxylation sites is 1. The molecule has 0 saturated heterocycles. The first-order valence-electron chi connectivity index (χ1n) is 10.8. The average Bonchev–Trinajstić information content (AvgIpc) is 3.19. The van der Waals surface area contributed by atoms with Gasteiger partial charge in [0.15, 0.2) is 5.16 Å². The number of carbonyl (C=O) groups is 1. The number of benzene rings is 2. The monoisotopic (exact) mass is 449 g/mol. The summed E-state index contributed by atoms with van der Waals surface area (Å²) in [6.07, 6.45) is 1.96. The quantitative estimate of drug-likeness (QED) is 0.431. The highest BCUT2D eigenvalue weighted by molar-refractivity contribution is 7.99. The van der Waals surface area contributed by atoms with Crippen molar-refractivity contribution < 1.29 is 4.79 Å². The van der Waals surface area contributed by atoms with Gasteiger partial charge in [-0.3, -0.25) is 14.0 Å². The summed E-state index contributed by atoms with van der Waals surface area (Å²) in [5.41, 5.74) is 3.38. The number of rotatable bonds is 7. The van der Waals surface area contributed by atoms with Crippen LogP contribution in [-0.2, 0) is 4.79 Å². The van der Waals surface area contributed by atoms with Gasteiger partial charge >= 0.3 is 0 Å². The molecule has 2 heterocycles. The second-order valence-corrected chi connectivity index (χ2v) is 9.05. The molecular weight excluding hydrogens is 422 g/mol. The van der Waals surface area contributed by atoms with Crippen LogP contribution in [0.4, 0.5) is 0 Å². The summed E-state index contributed by atoms with van der Waals surface area (Å²) in [7, 11) is 0. The van der Waals surface area contributed by atoms with Crippen molar-refractivity contribution in [3.63, 3.8) is 0 Å². The van der Waals surface area contributed by atoms with Crippen LogP contribution >= 0.6 is 11.8 Å². The van der Waals surface area contributed by atoms with Gasteiger partial charge in [-0.25, -0.2) is 4.57 Å². The van der Waals surface area contributed by atoms with Crippen molar-refractivity contribution in [3.8, 4) is 5.69 Å². The Morgan fingerprint density at radius 1 is 1.16 bits per heavy atom. The molecule has 1 amide bonds. The lowest BCUT2D eigenvalue weighted by atomic mass is 10.1. The van der Waals surface area contributed by atoms with Crippen molar-refractivity contribution in [3.05, 3.63) is 63.9 Å². The second-order valence-electron chi connectivity index (χ2n) is 8.11. The fourth-order valence-corrected chi connectivity index (χ4v) is 4.65. The maximum Gasteiger partial charge on any atom is 0.267 e. The van der Waals surface area contributed by atoms with Gasteiger partial charge < -0.3 is 5.32 Å². The van der Waals surface area contributed by atoms with E-state index in [1.807, 2.05) is 67.6 Å². The number of thioether (sulfide) groups is 1. The van der Waals surface area contributed by atoms with Crippen LogP contribution in [0.2, 0.25) is 0 Å². The molecule has 4 rings (SSSR count). The summed E-state index contributed by atoms with van der Waals surface area (Å²) < 4.78 is 3.48. The molecule has 0 spiro atoms. The molecule has 0 fully saturated rings. The first-order chi connectivity index (χ1) is 15.4. The van der Waals surface area contributed by atoms with E-state index in [2.05, 4.69) is 22.4 Å². The third-order valence-corrected chi connectivity index (χ3v) is 6.39. The minimum absolute atomic E-state index is 0.0418. The highest BCUT2D eigenvalue weighted by atomic mass is 32.2. The minimum Gasteiger partial charge on any atom is -0.353 e. The minimum atomic E-state index is -0.142. The fraction of sp³-hybridized carbons (Fsp3) is 0.333. The Balaban J connectivity index is 1.83. The lowest BCUT2D eigenvalue weighted by Crippen LogP contribution is -2.33. The number of aromatic nitrogens is 4. The molecule has 2 aromatic heterocycles. The number of aryl methyl sites for hydroxylation is 2. The third kappa shape index (κ3) is 4.14. The Bertz CT molecular complexity index is 1360. The van der Waals surface area contributed by atoms with Crippen LogP contribution in [0.3, 0.4) is 0 Å². The summed E-state index contributed by atoms with van der Waals surface area (Å²) in [5, 5.41) is 12.9. The number of hydrogen-bond acceptors (Lipinski definition) is 5. The van der Waals surface area contributed by atoms with Gasteiger partial charge in [0, 0.05) is 6.04 Å². The van der Waals surface area contributed by atoms with Gasteiger partial charge in [-0.2, -0.15) is 0 Å². The molecule has 0 aliphatic carbocycles. The van der Waals surface area contributed by atoms with E-state index in [1.165, 1.54) is 11.8 Å².